The summed E-state index contributed by atoms with van der Waals surface area (Å²) in [5, 5.41) is 7.70. The quantitative estimate of drug-likeness (QED) is 0.909. The van der Waals surface area contributed by atoms with Crippen molar-refractivity contribution < 1.29 is 4.79 Å². The molecule has 104 valence electrons. The maximum Gasteiger partial charge on any atom is 0.257 e. The van der Waals surface area contributed by atoms with E-state index in [4.69, 9.17) is 17.3 Å². The number of aromatic nitrogens is 2. The Morgan fingerprint density at radius 3 is 2.80 bits per heavy atom. The molecule has 3 rings (SSSR count). The molecular formula is C14H15ClN4O. The molecular weight excluding hydrogens is 276 g/mol. The fourth-order valence-corrected chi connectivity index (χ4v) is 2.49. The Hall–Kier alpha value is -2.01. The van der Waals surface area contributed by atoms with Gasteiger partial charge in [0.15, 0.2) is 0 Å². The van der Waals surface area contributed by atoms with E-state index in [1.807, 2.05) is 24.3 Å². The van der Waals surface area contributed by atoms with Crippen LogP contribution in [0.15, 0.2) is 30.5 Å². The number of hydrogen-bond acceptors (Lipinski definition) is 3. The van der Waals surface area contributed by atoms with Crippen molar-refractivity contribution in [1.29, 1.82) is 0 Å². The minimum absolute atomic E-state index is 0.201. The molecule has 1 heterocycles. The van der Waals surface area contributed by atoms with E-state index in [1.165, 1.54) is 10.9 Å². The SMILES string of the molecule is Cn1ncc(C(=O)NC2(c3cccc(Cl)c3)CC2)c1N. The second-order valence-corrected chi connectivity index (χ2v) is 5.55. The van der Waals surface area contributed by atoms with Gasteiger partial charge in [-0.25, -0.2) is 0 Å². The molecule has 0 spiro atoms. The lowest BCUT2D eigenvalue weighted by Crippen LogP contribution is -2.35. The third-order valence-corrected chi connectivity index (χ3v) is 3.94. The lowest BCUT2D eigenvalue weighted by atomic mass is 10.0. The molecule has 0 radical (unpaired) electrons. The highest BCUT2D eigenvalue weighted by molar-refractivity contribution is 6.30. The molecule has 5 nitrogen and oxygen atoms in total. The van der Waals surface area contributed by atoms with Crippen molar-refractivity contribution in [3.63, 3.8) is 0 Å². The summed E-state index contributed by atoms with van der Waals surface area (Å²) >= 11 is 6.01. The van der Waals surface area contributed by atoms with E-state index in [0.717, 1.165) is 18.4 Å². The van der Waals surface area contributed by atoms with Crippen molar-refractivity contribution in [3.8, 4) is 0 Å². The normalized spacial score (nSPS) is 15.9. The lowest BCUT2D eigenvalue weighted by Gasteiger charge is -2.18. The van der Waals surface area contributed by atoms with Gasteiger partial charge < -0.3 is 11.1 Å². The molecule has 1 aliphatic carbocycles. The first kappa shape index (κ1) is 13.0. The van der Waals surface area contributed by atoms with Crippen LogP contribution in [-0.4, -0.2) is 15.7 Å². The van der Waals surface area contributed by atoms with Gasteiger partial charge >= 0.3 is 0 Å². The van der Waals surface area contributed by atoms with Crippen LogP contribution >= 0.6 is 11.6 Å². The van der Waals surface area contributed by atoms with E-state index in [2.05, 4.69) is 10.4 Å². The number of anilines is 1. The zero-order valence-corrected chi connectivity index (χ0v) is 11.8. The van der Waals surface area contributed by atoms with Gasteiger partial charge in [0.05, 0.1) is 11.7 Å². The van der Waals surface area contributed by atoms with Gasteiger partial charge in [-0.15, -0.1) is 0 Å². The molecule has 0 saturated heterocycles. The van der Waals surface area contributed by atoms with Gasteiger partial charge in [0.2, 0.25) is 0 Å². The van der Waals surface area contributed by atoms with Gasteiger partial charge in [-0.1, -0.05) is 23.7 Å². The highest BCUT2D eigenvalue weighted by Gasteiger charge is 2.46. The predicted octanol–water partition coefficient (Wildman–Crippen LogP) is 2.07. The summed E-state index contributed by atoms with van der Waals surface area (Å²) in [5.74, 6) is 0.164. The van der Waals surface area contributed by atoms with Crippen LogP contribution in [0.5, 0.6) is 0 Å². The van der Waals surface area contributed by atoms with Crippen molar-refractivity contribution in [1.82, 2.24) is 15.1 Å². The summed E-state index contributed by atoms with van der Waals surface area (Å²) in [7, 11) is 1.70. The molecule has 20 heavy (non-hydrogen) atoms. The predicted molar refractivity (Wildman–Crippen MR) is 77.5 cm³/mol. The maximum atomic E-state index is 12.3. The third kappa shape index (κ3) is 2.14. The van der Waals surface area contributed by atoms with Gasteiger partial charge in [0.25, 0.3) is 5.91 Å². The van der Waals surface area contributed by atoms with Crippen LogP contribution in [-0.2, 0) is 12.6 Å². The number of aryl methyl sites for hydroxylation is 1. The Labute approximate surface area is 121 Å². The number of nitrogens with two attached hydrogens (primary N) is 1. The van der Waals surface area contributed by atoms with Crippen molar-refractivity contribution in [2.45, 2.75) is 18.4 Å². The van der Waals surface area contributed by atoms with E-state index in [1.54, 1.807) is 7.05 Å². The highest BCUT2D eigenvalue weighted by atomic mass is 35.5. The van der Waals surface area contributed by atoms with Gasteiger partial charge in [-0.3, -0.25) is 9.48 Å². The number of hydrogen-bond donors (Lipinski definition) is 2. The first-order chi connectivity index (χ1) is 9.52. The monoisotopic (exact) mass is 290 g/mol. The Bertz CT molecular complexity index is 676. The smallest absolute Gasteiger partial charge is 0.257 e. The molecule has 6 heteroatoms. The first-order valence-corrected chi connectivity index (χ1v) is 6.76. The third-order valence-electron chi connectivity index (χ3n) is 3.71. The second-order valence-electron chi connectivity index (χ2n) is 5.11. The van der Waals surface area contributed by atoms with E-state index in [9.17, 15) is 4.79 Å². The van der Waals surface area contributed by atoms with E-state index in [-0.39, 0.29) is 11.4 Å². The van der Waals surface area contributed by atoms with Crippen LogP contribution in [0.3, 0.4) is 0 Å². The molecule has 0 bridgehead atoms. The molecule has 1 aliphatic rings. The minimum atomic E-state index is -0.315. The van der Waals surface area contributed by atoms with E-state index < -0.39 is 0 Å². The highest BCUT2D eigenvalue weighted by Crippen LogP contribution is 2.46. The number of rotatable bonds is 3. The number of carbonyl (C=O) groups is 1. The van der Waals surface area contributed by atoms with Crippen LogP contribution in [0.1, 0.15) is 28.8 Å². The summed E-state index contributed by atoms with van der Waals surface area (Å²) in [5.41, 5.74) is 6.94. The first-order valence-electron chi connectivity index (χ1n) is 6.38. The molecule has 0 atom stereocenters. The number of carbonyl (C=O) groups excluding carboxylic acids is 1. The Morgan fingerprint density at radius 2 is 2.25 bits per heavy atom. The average molecular weight is 291 g/mol. The average Bonchev–Trinajstić information content (AvgIpc) is 3.12. The summed E-state index contributed by atoms with van der Waals surface area (Å²) in [6.45, 7) is 0. The summed E-state index contributed by atoms with van der Waals surface area (Å²) in [6, 6.07) is 7.58. The molecule has 3 N–H and O–H groups in total. The van der Waals surface area contributed by atoms with E-state index in [0.29, 0.717) is 16.4 Å². The maximum absolute atomic E-state index is 12.3. The fourth-order valence-electron chi connectivity index (χ4n) is 2.30. The molecule has 1 saturated carbocycles. The lowest BCUT2D eigenvalue weighted by molar-refractivity contribution is 0.0931. The van der Waals surface area contributed by atoms with Crippen LogP contribution in [0.2, 0.25) is 5.02 Å². The standard InChI is InChI=1S/C14H15ClN4O/c1-19-12(16)11(8-17-19)13(20)18-14(5-6-14)9-3-2-4-10(15)7-9/h2-4,7-8H,5-6,16H2,1H3,(H,18,20). The van der Waals surface area contributed by atoms with Gasteiger partial charge in [0.1, 0.15) is 11.4 Å². The molecule has 1 fully saturated rings. The van der Waals surface area contributed by atoms with E-state index >= 15 is 0 Å². The molecule has 2 aromatic rings. The number of nitrogens with one attached hydrogen (secondary N) is 1. The van der Waals surface area contributed by atoms with Crippen molar-refractivity contribution in [2.75, 3.05) is 5.73 Å². The largest absolute Gasteiger partial charge is 0.383 e. The number of nitrogens with zero attached hydrogens (tertiary/aromatic N) is 2. The second kappa shape index (κ2) is 4.52. The Morgan fingerprint density at radius 1 is 1.50 bits per heavy atom. The topological polar surface area (TPSA) is 72.9 Å². The number of amides is 1. The summed E-state index contributed by atoms with van der Waals surface area (Å²) in [6.07, 6.45) is 3.29. The Balaban J connectivity index is 1.84. The fraction of sp³-hybridized carbons (Fsp3) is 0.286. The van der Waals surface area contributed by atoms with Crippen LogP contribution in [0, 0.1) is 0 Å². The van der Waals surface area contributed by atoms with Crippen molar-refractivity contribution >= 4 is 23.3 Å². The summed E-state index contributed by atoms with van der Waals surface area (Å²) in [4.78, 5) is 12.3. The minimum Gasteiger partial charge on any atom is -0.383 e. The van der Waals surface area contributed by atoms with Crippen LogP contribution in [0.25, 0.3) is 0 Å². The summed E-state index contributed by atoms with van der Waals surface area (Å²) < 4.78 is 1.48. The zero-order chi connectivity index (χ0) is 14.3. The van der Waals surface area contributed by atoms with Gasteiger partial charge in [0, 0.05) is 12.1 Å². The molecule has 0 aliphatic heterocycles. The van der Waals surface area contributed by atoms with Gasteiger partial charge in [-0.05, 0) is 30.5 Å². The van der Waals surface area contributed by atoms with Gasteiger partial charge in [-0.2, -0.15) is 5.10 Å². The zero-order valence-electron chi connectivity index (χ0n) is 11.1. The van der Waals surface area contributed by atoms with Crippen molar-refractivity contribution in [2.24, 2.45) is 7.05 Å². The van der Waals surface area contributed by atoms with Crippen LogP contribution < -0.4 is 11.1 Å². The Kier molecular flexibility index (Phi) is 2.94. The molecule has 1 amide bonds. The molecule has 1 aromatic heterocycles. The van der Waals surface area contributed by atoms with Crippen LogP contribution in [0.4, 0.5) is 5.82 Å². The number of nitrogen functional groups attached to an aromatic ring is 1. The number of benzene rings is 1. The molecule has 1 aromatic carbocycles. The number of halogens is 1. The molecule has 0 unspecified atom stereocenters. The van der Waals surface area contributed by atoms with Crippen molar-refractivity contribution in [3.05, 3.63) is 46.6 Å².